The minimum absolute atomic E-state index is 0.0896. The summed E-state index contributed by atoms with van der Waals surface area (Å²) in [6.07, 6.45) is 1.74. The number of esters is 1. The Morgan fingerprint density at radius 3 is 2.80 bits per heavy atom. The molecule has 0 spiro atoms. The third kappa shape index (κ3) is 4.12. The fourth-order valence-electron chi connectivity index (χ4n) is 1.79. The van der Waals surface area contributed by atoms with E-state index in [1.165, 1.54) is 20.1 Å². The number of nitrogens with zero attached hydrogens (tertiary/aromatic N) is 1. The molecule has 0 aromatic rings. The van der Waals surface area contributed by atoms with Gasteiger partial charge in [-0.2, -0.15) is 0 Å². The molecule has 2 N–H and O–H groups in total. The highest BCUT2D eigenvalue weighted by Gasteiger charge is 2.31. The van der Waals surface area contributed by atoms with Gasteiger partial charge in [-0.15, -0.1) is 0 Å². The molecule has 2 unspecified atom stereocenters. The second kappa shape index (κ2) is 6.60. The number of carbonyl (C=O) groups is 2. The number of nitrogens with two attached hydrogens (primary N) is 1. The van der Waals surface area contributed by atoms with E-state index >= 15 is 0 Å². The first-order chi connectivity index (χ1) is 9.27. The summed E-state index contributed by atoms with van der Waals surface area (Å²) in [5.74, 6) is -2.22. The molecule has 112 valence electrons. The number of hydrogen-bond acceptors (Lipinski definition) is 6. The van der Waals surface area contributed by atoms with Crippen LogP contribution in [0.4, 0.5) is 4.39 Å². The average molecular weight is 286 g/mol. The second-order valence-electron chi connectivity index (χ2n) is 5.00. The van der Waals surface area contributed by atoms with Gasteiger partial charge >= 0.3 is 11.9 Å². The lowest BCUT2D eigenvalue weighted by atomic mass is 9.96. The number of hydrogen-bond donors (Lipinski definition) is 1. The highest BCUT2D eigenvalue weighted by molar-refractivity contribution is 6.03. The van der Waals surface area contributed by atoms with Crippen LogP contribution < -0.4 is 5.73 Å². The largest absolute Gasteiger partial charge is 0.468 e. The maximum atomic E-state index is 13.7. The van der Waals surface area contributed by atoms with Gasteiger partial charge in [0.05, 0.1) is 18.6 Å². The van der Waals surface area contributed by atoms with Gasteiger partial charge in [-0.25, -0.2) is 9.18 Å². The molecule has 1 heterocycles. The molecule has 2 atom stereocenters. The number of allylic oxidation sites excluding steroid dienone is 2. The second-order valence-corrected chi connectivity index (χ2v) is 5.00. The van der Waals surface area contributed by atoms with Crippen LogP contribution in [0, 0.1) is 5.92 Å². The fraction of sp³-hybridized carbons (Fsp3) is 0.615. The molecule has 0 saturated heterocycles. The van der Waals surface area contributed by atoms with E-state index in [0.717, 1.165) is 0 Å². The van der Waals surface area contributed by atoms with Gasteiger partial charge in [0.2, 0.25) is 0 Å². The third-order valence-corrected chi connectivity index (χ3v) is 3.15. The standard InChI is InChI=1S/C13H19FN2O4/c1-8-10(11(17)20-16-8)7-9(14)5-4-6-13(2,15)12(18)19-3/h5,10H,4,6-7,15H2,1-3H3/b9-5+. The van der Waals surface area contributed by atoms with E-state index in [1.54, 1.807) is 6.92 Å². The van der Waals surface area contributed by atoms with Gasteiger partial charge in [0.1, 0.15) is 11.5 Å². The first-order valence-electron chi connectivity index (χ1n) is 6.25. The molecular weight excluding hydrogens is 267 g/mol. The lowest BCUT2D eigenvalue weighted by Gasteiger charge is -2.20. The summed E-state index contributed by atoms with van der Waals surface area (Å²) in [5, 5.41) is 3.50. The van der Waals surface area contributed by atoms with Crippen molar-refractivity contribution in [3.05, 3.63) is 11.9 Å². The van der Waals surface area contributed by atoms with Gasteiger partial charge in [-0.3, -0.25) is 4.79 Å². The minimum atomic E-state index is -1.16. The Labute approximate surface area is 116 Å². The van der Waals surface area contributed by atoms with Crippen LogP contribution in [-0.2, 0) is 19.2 Å². The lowest BCUT2D eigenvalue weighted by Crippen LogP contribution is -2.45. The van der Waals surface area contributed by atoms with E-state index in [2.05, 4.69) is 14.7 Å². The van der Waals surface area contributed by atoms with Crippen LogP contribution in [0.1, 0.15) is 33.1 Å². The van der Waals surface area contributed by atoms with Gasteiger partial charge in [-0.05, 0) is 26.7 Å². The molecule has 0 bridgehead atoms. The van der Waals surface area contributed by atoms with E-state index in [0.29, 0.717) is 5.71 Å². The van der Waals surface area contributed by atoms with Crippen LogP contribution in [0.3, 0.4) is 0 Å². The minimum Gasteiger partial charge on any atom is -0.468 e. The predicted molar refractivity (Wildman–Crippen MR) is 70.3 cm³/mol. The lowest BCUT2D eigenvalue weighted by molar-refractivity contribution is -0.146. The number of methoxy groups -OCH3 is 1. The molecule has 0 aliphatic carbocycles. The molecule has 6 nitrogen and oxygen atoms in total. The van der Waals surface area contributed by atoms with E-state index < -0.39 is 29.2 Å². The molecule has 1 rings (SSSR count). The normalized spacial score (nSPS) is 22.1. The molecule has 0 saturated carbocycles. The van der Waals surface area contributed by atoms with Crippen LogP contribution in [0.5, 0.6) is 0 Å². The maximum Gasteiger partial charge on any atom is 0.344 e. The Kier molecular flexibility index (Phi) is 5.38. The van der Waals surface area contributed by atoms with Crippen molar-refractivity contribution in [2.75, 3.05) is 7.11 Å². The van der Waals surface area contributed by atoms with Crippen LogP contribution in [0.15, 0.2) is 17.1 Å². The van der Waals surface area contributed by atoms with Gasteiger partial charge in [0.15, 0.2) is 0 Å². The third-order valence-electron chi connectivity index (χ3n) is 3.15. The Hall–Kier alpha value is -1.76. The summed E-state index contributed by atoms with van der Waals surface area (Å²) in [4.78, 5) is 27.1. The quantitative estimate of drug-likeness (QED) is 0.589. The Balaban J connectivity index is 2.49. The van der Waals surface area contributed by atoms with Crippen molar-refractivity contribution >= 4 is 17.7 Å². The topological polar surface area (TPSA) is 91.0 Å². The summed E-state index contributed by atoms with van der Waals surface area (Å²) in [5.41, 5.74) is 5.04. The van der Waals surface area contributed by atoms with E-state index in [-0.39, 0.29) is 19.3 Å². The monoisotopic (exact) mass is 286 g/mol. The summed E-state index contributed by atoms with van der Waals surface area (Å²) in [6, 6.07) is 0. The zero-order chi connectivity index (χ0) is 15.3. The van der Waals surface area contributed by atoms with E-state index in [1.807, 2.05) is 0 Å². The van der Waals surface area contributed by atoms with Gasteiger partial charge in [0.25, 0.3) is 0 Å². The van der Waals surface area contributed by atoms with Crippen LogP contribution in [-0.4, -0.2) is 30.3 Å². The summed E-state index contributed by atoms with van der Waals surface area (Å²) in [6.45, 7) is 3.13. The highest BCUT2D eigenvalue weighted by Crippen LogP contribution is 2.22. The highest BCUT2D eigenvalue weighted by atomic mass is 19.1. The van der Waals surface area contributed by atoms with Gasteiger partial charge in [0, 0.05) is 6.42 Å². The predicted octanol–water partition coefficient (Wildman–Crippen LogP) is 1.45. The molecule has 20 heavy (non-hydrogen) atoms. The molecule has 0 radical (unpaired) electrons. The molecule has 0 amide bonds. The molecule has 0 fully saturated rings. The van der Waals surface area contributed by atoms with Crippen molar-refractivity contribution in [1.82, 2.24) is 0 Å². The Morgan fingerprint density at radius 2 is 2.30 bits per heavy atom. The summed E-state index contributed by atoms with van der Waals surface area (Å²) < 4.78 is 18.3. The Morgan fingerprint density at radius 1 is 1.65 bits per heavy atom. The molecule has 1 aliphatic heterocycles. The Bertz CT molecular complexity index is 457. The number of carbonyl (C=O) groups excluding carboxylic acids is 2. The zero-order valence-electron chi connectivity index (χ0n) is 11.8. The van der Waals surface area contributed by atoms with Crippen LogP contribution in [0.2, 0.25) is 0 Å². The van der Waals surface area contributed by atoms with Crippen molar-refractivity contribution in [3.8, 4) is 0 Å². The van der Waals surface area contributed by atoms with Gasteiger partial charge in [-0.1, -0.05) is 11.2 Å². The van der Waals surface area contributed by atoms with Crippen molar-refractivity contribution < 1.29 is 23.6 Å². The summed E-state index contributed by atoms with van der Waals surface area (Å²) >= 11 is 0. The van der Waals surface area contributed by atoms with Gasteiger partial charge < -0.3 is 15.3 Å². The zero-order valence-corrected chi connectivity index (χ0v) is 11.8. The maximum absolute atomic E-state index is 13.7. The van der Waals surface area contributed by atoms with Crippen molar-refractivity contribution in [3.63, 3.8) is 0 Å². The molecule has 7 heteroatoms. The molecule has 1 aliphatic rings. The summed E-state index contributed by atoms with van der Waals surface area (Å²) in [7, 11) is 1.25. The van der Waals surface area contributed by atoms with Crippen molar-refractivity contribution in [2.24, 2.45) is 16.8 Å². The smallest absolute Gasteiger partial charge is 0.344 e. The first kappa shape index (κ1) is 16.3. The van der Waals surface area contributed by atoms with Crippen molar-refractivity contribution in [1.29, 1.82) is 0 Å². The molecule has 0 aromatic heterocycles. The molecular formula is C13H19FN2O4. The SMILES string of the molecule is COC(=O)C(C)(N)CC/C=C(/F)CC1C(=O)ON=C1C. The van der Waals surface area contributed by atoms with E-state index in [4.69, 9.17) is 5.73 Å². The number of halogens is 1. The van der Waals surface area contributed by atoms with E-state index in [9.17, 15) is 14.0 Å². The van der Waals surface area contributed by atoms with Crippen LogP contribution >= 0.6 is 0 Å². The van der Waals surface area contributed by atoms with Crippen LogP contribution in [0.25, 0.3) is 0 Å². The van der Waals surface area contributed by atoms with Crippen molar-refractivity contribution in [2.45, 2.75) is 38.6 Å². The average Bonchev–Trinajstić information content (AvgIpc) is 2.69. The number of oxime groups is 1. The first-order valence-corrected chi connectivity index (χ1v) is 6.25. The number of rotatable bonds is 6. The molecule has 0 aromatic carbocycles. The number of ether oxygens (including phenoxy) is 1. The fourth-order valence-corrected chi connectivity index (χ4v) is 1.79.